The molecule has 0 saturated heterocycles. The van der Waals surface area contributed by atoms with Crippen LogP contribution >= 0.6 is 0 Å². The molecule has 3 amide bonds. The van der Waals surface area contributed by atoms with E-state index in [-0.39, 0.29) is 24.4 Å². The average Bonchev–Trinajstić information content (AvgIpc) is 2.97. The summed E-state index contributed by atoms with van der Waals surface area (Å²) in [5, 5.41) is 12.4. The summed E-state index contributed by atoms with van der Waals surface area (Å²) in [6, 6.07) is 7.01. The van der Waals surface area contributed by atoms with E-state index in [1.807, 2.05) is 32.0 Å². The minimum absolute atomic E-state index is 0.0324. The van der Waals surface area contributed by atoms with Gasteiger partial charge >= 0.3 is 6.03 Å². The first-order valence-corrected chi connectivity index (χ1v) is 8.44. The molecule has 2 heterocycles. The number of anilines is 2. The standard InChI is InChI=1S/C18H22N4O3/c1-11(2)16-9-14(25-22-16)10-19-18(24)20-13-6-7-15-12(8-13)4-3-5-17(23)21-15/h6-9,11H,3-5,10H2,1-2H3,(H,21,23)(H2,19,20,24). The Morgan fingerprint density at radius 1 is 1.32 bits per heavy atom. The van der Waals surface area contributed by atoms with Crippen LogP contribution in [0.2, 0.25) is 0 Å². The zero-order valence-electron chi connectivity index (χ0n) is 14.4. The van der Waals surface area contributed by atoms with Crippen LogP contribution in [0.5, 0.6) is 0 Å². The van der Waals surface area contributed by atoms with E-state index < -0.39 is 0 Å². The highest BCUT2D eigenvalue weighted by atomic mass is 16.5. The van der Waals surface area contributed by atoms with Crippen molar-refractivity contribution in [2.45, 2.75) is 45.6 Å². The number of nitrogens with zero attached hydrogens (tertiary/aromatic N) is 1. The minimum atomic E-state index is -0.319. The number of rotatable bonds is 4. The summed E-state index contributed by atoms with van der Waals surface area (Å²) < 4.78 is 5.19. The zero-order chi connectivity index (χ0) is 17.8. The van der Waals surface area contributed by atoms with E-state index in [1.54, 1.807) is 6.07 Å². The van der Waals surface area contributed by atoms with Crippen molar-refractivity contribution < 1.29 is 14.1 Å². The van der Waals surface area contributed by atoms with E-state index in [9.17, 15) is 9.59 Å². The maximum Gasteiger partial charge on any atom is 0.319 e. The van der Waals surface area contributed by atoms with Crippen molar-refractivity contribution in [2.75, 3.05) is 10.6 Å². The summed E-state index contributed by atoms with van der Waals surface area (Å²) in [6.45, 7) is 4.33. The van der Waals surface area contributed by atoms with Crippen LogP contribution in [-0.2, 0) is 17.8 Å². The van der Waals surface area contributed by atoms with Crippen LogP contribution in [0.3, 0.4) is 0 Å². The second kappa shape index (κ2) is 7.38. The largest absolute Gasteiger partial charge is 0.359 e. The molecule has 0 spiro atoms. The lowest BCUT2D eigenvalue weighted by atomic mass is 10.1. The molecule has 0 saturated carbocycles. The molecule has 1 aromatic carbocycles. The highest BCUT2D eigenvalue weighted by molar-refractivity contribution is 5.94. The Hall–Kier alpha value is -2.83. The molecule has 7 heteroatoms. The van der Waals surface area contributed by atoms with Crippen LogP contribution in [0, 0.1) is 0 Å². The van der Waals surface area contributed by atoms with E-state index in [1.165, 1.54) is 0 Å². The number of amides is 3. The highest BCUT2D eigenvalue weighted by Gasteiger charge is 2.14. The Bertz CT molecular complexity index is 782. The SMILES string of the molecule is CC(C)c1cc(CNC(=O)Nc2ccc3c(c2)CCCC(=O)N3)on1. The van der Waals surface area contributed by atoms with Crippen molar-refractivity contribution in [1.29, 1.82) is 0 Å². The van der Waals surface area contributed by atoms with Crippen molar-refractivity contribution in [3.05, 3.63) is 41.3 Å². The number of aromatic nitrogens is 1. The van der Waals surface area contributed by atoms with E-state index in [0.29, 0.717) is 17.9 Å². The summed E-state index contributed by atoms with van der Waals surface area (Å²) in [5.74, 6) is 0.930. The van der Waals surface area contributed by atoms with Crippen LogP contribution in [0.4, 0.5) is 16.2 Å². The number of hydrogen-bond acceptors (Lipinski definition) is 4. The van der Waals surface area contributed by atoms with Crippen molar-refractivity contribution in [3.8, 4) is 0 Å². The molecule has 0 fully saturated rings. The molecule has 132 valence electrons. The molecule has 1 aliphatic heterocycles. The second-order valence-corrected chi connectivity index (χ2v) is 6.45. The van der Waals surface area contributed by atoms with Gasteiger partial charge in [-0.25, -0.2) is 4.79 Å². The Kier molecular flexibility index (Phi) is 5.02. The first-order chi connectivity index (χ1) is 12.0. The maximum absolute atomic E-state index is 12.1. The molecule has 0 atom stereocenters. The molecule has 3 rings (SSSR count). The van der Waals surface area contributed by atoms with E-state index >= 15 is 0 Å². The second-order valence-electron chi connectivity index (χ2n) is 6.45. The molecule has 2 aromatic rings. The molecular weight excluding hydrogens is 320 g/mol. The maximum atomic E-state index is 12.1. The van der Waals surface area contributed by atoms with Crippen LogP contribution in [0.25, 0.3) is 0 Å². The van der Waals surface area contributed by atoms with Gasteiger partial charge in [-0.15, -0.1) is 0 Å². The van der Waals surface area contributed by atoms with Crippen LogP contribution in [0.1, 0.15) is 49.6 Å². The molecular formula is C18H22N4O3. The number of urea groups is 1. The third-order valence-corrected chi connectivity index (χ3v) is 4.08. The number of carbonyl (C=O) groups excluding carboxylic acids is 2. The normalized spacial score (nSPS) is 13.8. The number of aryl methyl sites for hydroxylation is 1. The van der Waals surface area contributed by atoms with Gasteiger partial charge in [-0.1, -0.05) is 19.0 Å². The van der Waals surface area contributed by atoms with Gasteiger partial charge in [0.25, 0.3) is 0 Å². The number of nitrogens with one attached hydrogen (secondary N) is 3. The van der Waals surface area contributed by atoms with Gasteiger partial charge in [0.1, 0.15) is 0 Å². The number of fused-ring (bicyclic) bond motifs is 1. The lowest BCUT2D eigenvalue weighted by Crippen LogP contribution is -2.28. The molecule has 7 nitrogen and oxygen atoms in total. The molecule has 1 aromatic heterocycles. The lowest BCUT2D eigenvalue weighted by Gasteiger charge is -2.11. The zero-order valence-corrected chi connectivity index (χ0v) is 14.4. The fourth-order valence-electron chi connectivity index (χ4n) is 2.68. The monoisotopic (exact) mass is 342 g/mol. The van der Waals surface area contributed by atoms with Gasteiger partial charge in [0.05, 0.1) is 12.2 Å². The quantitative estimate of drug-likeness (QED) is 0.793. The number of carbonyl (C=O) groups is 2. The minimum Gasteiger partial charge on any atom is -0.359 e. The van der Waals surface area contributed by atoms with Gasteiger partial charge in [0.2, 0.25) is 5.91 Å². The third-order valence-electron chi connectivity index (χ3n) is 4.08. The Morgan fingerprint density at radius 2 is 2.16 bits per heavy atom. The van der Waals surface area contributed by atoms with Gasteiger partial charge in [0.15, 0.2) is 5.76 Å². The van der Waals surface area contributed by atoms with Gasteiger partial charge in [0, 0.05) is 23.9 Å². The predicted octanol–water partition coefficient (Wildman–Crippen LogP) is 3.39. The Labute approximate surface area is 146 Å². The molecule has 0 bridgehead atoms. The molecule has 0 radical (unpaired) electrons. The fourth-order valence-corrected chi connectivity index (χ4v) is 2.68. The summed E-state index contributed by atoms with van der Waals surface area (Å²) in [6.07, 6.45) is 2.13. The lowest BCUT2D eigenvalue weighted by molar-refractivity contribution is -0.116. The van der Waals surface area contributed by atoms with Crippen molar-refractivity contribution >= 4 is 23.3 Å². The van der Waals surface area contributed by atoms with E-state index in [0.717, 1.165) is 29.8 Å². The van der Waals surface area contributed by atoms with Crippen molar-refractivity contribution in [1.82, 2.24) is 10.5 Å². The van der Waals surface area contributed by atoms with Crippen LogP contribution in [0.15, 0.2) is 28.8 Å². The summed E-state index contributed by atoms with van der Waals surface area (Å²) in [4.78, 5) is 23.6. The molecule has 1 aliphatic rings. The first kappa shape index (κ1) is 17.0. The van der Waals surface area contributed by atoms with Gasteiger partial charge < -0.3 is 20.5 Å². The molecule has 0 unspecified atom stereocenters. The van der Waals surface area contributed by atoms with E-state index in [4.69, 9.17) is 4.52 Å². The predicted molar refractivity (Wildman–Crippen MR) is 94.5 cm³/mol. The molecule has 0 aliphatic carbocycles. The highest BCUT2D eigenvalue weighted by Crippen LogP contribution is 2.25. The van der Waals surface area contributed by atoms with Crippen LogP contribution < -0.4 is 16.0 Å². The average molecular weight is 342 g/mol. The van der Waals surface area contributed by atoms with Crippen molar-refractivity contribution in [2.24, 2.45) is 0 Å². The number of hydrogen-bond donors (Lipinski definition) is 3. The third kappa shape index (κ3) is 4.37. The first-order valence-electron chi connectivity index (χ1n) is 8.44. The Balaban J connectivity index is 1.57. The van der Waals surface area contributed by atoms with Gasteiger partial charge in [-0.2, -0.15) is 0 Å². The fraction of sp³-hybridized carbons (Fsp3) is 0.389. The summed E-state index contributed by atoms with van der Waals surface area (Å²) in [5.41, 5.74) is 3.40. The number of benzene rings is 1. The summed E-state index contributed by atoms with van der Waals surface area (Å²) >= 11 is 0. The van der Waals surface area contributed by atoms with E-state index in [2.05, 4.69) is 21.1 Å². The molecule has 25 heavy (non-hydrogen) atoms. The van der Waals surface area contributed by atoms with Gasteiger partial charge in [-0.05, 0) is 42.5 Å². The smallest absolute Gasteiger partial charge is 0.319 e. The van der Waals surface area contributed by atoms with Crippen LogP contribution in [-0.4, -0.2) is 17.1 Å². The van der Waals surface area contributed by atoms with Crippen molar-refractivity contribution in [3.63, 3.8) is 0 Å². The Morgan fingerprint density at radius 3 is 2.92 bits per heavy atom. The topological polar surface area (TPSA) is 96.3 Å². The molecule has 3 N–H and O–H groups in total. The summed E-state index contributed by atoms with van der Waals surface area (Å²) in [7, 11) is 0. The van der Waals surface area contributed by atoms with Gasteiger partial charge in [-0.3, -0.25) is 4.79 Å².